The topological polar surface area (TPSA) is 48.0 Å². The number of carbonyl (C=O) groups is 1. The van der Waals surface area contributed by atoms with Gasteiger partial charge < -0.3 is 19.1 Å². The molecule has 0 saturated heterocycles. The molecule has 150 valence electrons. The van der Waals surface area contributed by atoms with Crippen molar-refractivity contribution >= 4 is 17.2 Å². The molecule has 1 aromatic heterocycles. The third-order valence-electron chi connectivity index (χ3n) is 5.30. The highest BCUT2D eigenvalue weighted by Crippen LogP contribution is 2.40. The molecule has 6 heteroatoms. The predicted octanol–water partition coefficient (Wildman–Crippen LogP) is 4.56. The zero-order chi connectivity index (χ0) is 20.4. The van der Waals surface area contributed by atoms with E-state index in [1.165, 1.54) is 10.4 Å². The molecular weight excluding hydrogens is 386 g/mol. The van der Waals surface area contributed by atoms with Gasteiger partial charge in [-0.1, -0.05) is 12.1 Å². The van der Waals surface area contributed by atoms with Crippen molar-refractivity contribution in [1.82, 2.24) is 4.90 Å². The first-order valence-electron chi connectivity index (χ1n) is 9.39. The fraction of sp³-hybridized carbons (Fsp3) is 0.261. The van der Waals surface area contributed by atoms with Gasteiger partial charge in [-0.3, -0.25) is 4.79 Å². The molecule has 1 unspecified atom stereocenters. The van der Waals surface area contributed by atoms with Crippen LogP contribution in [0.15, 0.2) is 53.9 Å². The molecule has 29 heavy (non-hydrogen) atoms. The summed E-state index contributed by atoms with van der Waals surface area (Å²) in [5.41, 5.74) is 2.78. The molecule has 4 rings (SSSR count). The number of hydrogen-bond acceptors (Lipinski definition) is 5. The van der Waals surface area contributed by atoms with E-state index in [9.17, 15) is 4.79 Å². The summed E-state index contributed by atoms with van der Waals surface area (Å²) in [5, 5.41) is 2.10. The molecule has 0 bridgehead atoms. The van der Waals surface area contributed by atoms with Crippen molar-refractivity contribution in [2.75, 3.05) is 27.9 Å². The summed E-state index contributed by atoms with van der Waals surface area (Å²) in [7, 11) is 4.82. The van der Waals surface area contributed by atoms with Crippen molar-refractivity contribution in [2.45, 2.75) is 12.5 Å². The van der Waals surface area contributed by atoms with Gasteiger partial charge in [0.2, 0.25) is 0 Å². The molecule has 0 spiro atoms. The molecule has 1 aliphatic rings. The van der Waals surface area contributed by atoms with E-state index >= 15 is 0 Å². The minimum Gasteiger partial charge on any atom is -0.497 e. The highest BCUT2D eigenvalue weighted by Gasteiger charge is 2.34. The number of carbonyl (C=O) groups excluding carboxylic acids is 1. The highest BCUT2D eigenvalue weighted by molar-refractivity contribution is 7.10. The first-order valence-corrected chi connectivity index (χ1v) is 10.3. The van der Waals surface area contributed by atoms with Gasteiger partial charge in [-0.25, -0.2) is 0 Å². The third kappa shape index (κ3) is 3.56. The summed E-state index contributed by atoms with van der Waals surface area (Å²) < 4.78 is 16.1. The zero-order valence-corrected chi connectivity index (χ0v) is 17.5. The summed E-state index contributed by atoms with van der Waals surface area (Å²) in [6, 6.07) is 15.2. The molecule has 0 aliphatic carbocycles. The molecule has 3 aromatic rings. The predicted molar refractivity (Wildman–Crippen MR) is 113 cm³/mol. The molecule has 2 heterocycles. The van der Waals surface area contributed by atoms with Gasteiger partial charge in [0.1, 0.15) is 17.2 Å². The van der Waals surface area contributed by atoms with Gasteiger partial charge in [-0.15, -0.1) is 11.3 Å². The maximum absolute atomic E-state index is 13.6. The van der Waals surface area contributed by atoms with E-state index < -0.39 is 0 Å². The second-order valence-corrected chi connectivity index (χ2v) is 7.79. The Bertz CT molecular complexity index is 1010. The fourth-order valence-electron chi connectivity index (χ4n) is 3.81. The van der Waals surface area contributed by atoms with Crippen LogP contribution in [-0.2, 0) is 6.42 Å². The van der Waals surface area contributed by atoms with Crippen LogP contribution in [0.2, 0.25) is 0 Å². The van der Waals surface area contributed by atoms with E-state index in [1.54, 1.807) is 50.9 Å². The van der Waals surface area contributed by atoms with Gasteiger partial charge in [0.25, 0.3) is 5.91 Å². The standard InChI is InChI=1S/C23H23NO4S/c1-26-16-6-4-15(5-7-16)22-19-11-13-29-21(19)10-12-24(22)23(25)18-9-8-17(27-2)14-20(18)28-3/h4-9,11,13-14,22H,10,12H2,1-3H3. The summed E-state index contributed by atoms with van der Waals surface area (Å²) in [6.07, 6.45) is 0.851. The summed E-state index contributed by atoms with van der Waals surface area (Å²) in [6.45, 7) is 0.651. The lowest BCUT2D eigenvalue weighted by molar-refractivity contribution is 0.0692. The Morgan fingerprint density at radius 1 is 0.966 bits per heavy atom. The van der Waals surface area contributed by atoms with Gasteiger partial charge in [0.15, 0.2) is 0 Å². The van der Waals surface area contributed by atoms with Gasteiger partial charge in [-0.2, -0.15) is 0 Å². The van der Waals surface area contributed by atoms with Crippen LogP contribution in [0.3, 0.4) is 0 Å². The van der Waals surface area contributed by atoms with Crippen LogP contribution >= 0.6 is 11.3 Å². The van der Waals surface area contributed by atoms with E-state index in [2.05, 4.69) is 11.4 Å². The van der Waals surface area contributed by atoms with Crippen LogP contribution < -0.4 is 14.2 Å². The average Bonchev–Trinajstić information content (AvgIpc) is 3.26. The number of amides is 1. The molecule has 5 nitrogen and oxygen atoms in total. The van der Waals surface area contributed by atoms with Crippen molar-refractivity contribution in [1.29, 1.82) is 0 Å². The lowest BCUT2D eigenvalue weighted by Crippen LogP contribution is -2.40. The van der Waals surface area contributed by atoms with Crippen LogP contribution in [0.5, 0.6) is 17.2 Å². The quantitative estimate of drug-likeness (QED) is 0.620. The van der Waals surface area contributed by atoms with Crippen molar-refractivity contribution in [2.24, 2.45) is 0 Å². The van der Waals surface area contributed by atoms with Crippen molar-refractivity contribution in [3.8, 4) is 17.2 Å². The van der Waals surface area contributed by atoms with Crippen LogP contribution in [0, 0.1) is 0 Å². The number of thiophene rings is 1. The first-order chi connectivity index (χ1) is 14.2. The van der Waals surface area contributed by atoms with Crippen LogP contribution in [0.1, 0.15) is 32.4 Å². The monoisotopic (exact) mass is 409 g/mol. The average molecular weight is 410 g/mol. The Morgan fingerprint density at radius 2 is 1.69 bits per heavy atom. The van der Waals surface area contributed by atoms with Crippen LogP contribution in [0.4, 0.5) is 0 Å². The summed E-state index contributed by atoms with van der Waals surface area (Å²) in [5.74, 6) is 1.91. The Hall–Kier alpha value is -2.99. The molecule has 1 aliphatic heterocycles. The van der Waals surface area contributed by atoms with Crippen molar-refractivity contribution < 1.29 is 19.0 Å². The lowest BCUT2D eigenvalue weighted by Gasteiger charge is -2.36. The molecule has 0 N–H and O–H groups in total. The Balaban J connectivity index is 1.76. The second-order valence-electron chi connectivity index (χ2n) is 6.79. The molecule has 0 radical (unpaired) electrons. The van der Waals surface area contributed by atoms with E-state index in [4.69, 9.17) is 14.2 Å². The Labute approximate surface area is 174 Å². The smallest absolute Gasteiger partial charge is 0.258 e. The maximum atomic E-state index is 13.6. The van der Waals surface area contributed by atoms with Gasteiger partial charge >= 0.3 is 0 Å². The minimum atomic E-state index is -0.143. The van der Waals surface area contributed by atoms with Gasteiger partial charge in [0.05, 0.1) is 32.9 Å². The second kappa shape index (κ2) is 8.17. The number of rotatable bonds is 5. The van der Waals surface area contributed by atoms with E-state index in [0.29, 0.717) is 23.6 Å². The molecular formula is C23H23NO4S. The van der Waals surface area contributed by atoms with Crippen molar-refractivity contribution in [3.05, 3.63) is 75.5 Å². The first kappa shape index (κ1) is 19.3. The number of hydrogen-bond donors (Lipinski definition) is 0. The number of methoxy groups -OCH3 is 3. The maximum Gasteiger partial charge on any atom is 0.258 e. The Kier molecular flexibility index (Phi) is 5.45. The lowest BCUT2D eigenvalue weighted by atomic mass is 9.92. The molecule has 0 saturated carbocycles. The van der Waals surface area contributed by atoms with E-state index in [-0.39, 0.29) is 11.9 Å². The largest absolute Gasteiger partial charge is 0.497 e. The van der Waals surface area contributed by atoms with Gasteiger partial charge in [0, 0.05) is 17.5 Å². The summed E-state index contributed by atoms with van der Waals surface area (Å²) >= 11 is 1.75. The number of benzene rings is 2. The molecule has 2 aromatic carbocycles. The third-order valence-corrected chi connectivity index (χ3v) is 6.29. The van der Waals surface area contributed by atoms with Crippen molar-refractivity contribution in [3.63, 3.8) is 0 Å². The van der Waals surface area contributed by atoms with E-state index in [1.807, 2.05) is 29.2 Å². The molecule has 0 fully saturated rings. The highest BCUT2D eigenvalue weighted by atomic mass is 32.1. The molecule has 1 atom stereocenters. The zero-order valence-electron chi connectivity index (χ0n) is 16.7. The molecule has 1 amide bonds. The van der Waals surface area contributed by atoms with Crippen LogP contribution in [-0.4, -0.2) is 38.7 Å². The van der Waals surface area contributed by atoms with E-state index in [0.717, 1.165) is 17.7 Å². The Morgan fingerprint density at radius 3 is 2.38 bits per heavy atom. The minimum absolute atomic E-state index is 0.0535. The summed E-state index contributed by atoms with van der Waals surface area (Å²) in [4.78, 5) is 16.9. The number of ether oxygens (including phenoxy) is 3. The van der Waals surface area contributed by atoms with Crippen LogP contribution in [0.25, 0.3) is 0 Å². The fourth-order valence-corrected chi connectivity index (χ4v) is 4.71. The van der Waals surface area contributed by atoms with Gasteiger partial charge in [-0.05, 0) is 53.3 Å². The SMILES string of the molecule is COc1ccc(C2c3ccsc3CCN2C(=O)c2ccc(OC)cc2OC)cc1. The number of fused-ring (bicyclic) bond motifs is 1. The normalized spacial score (nSPS) is 15.6. The number of nitrogens with zero attached hydrogens (tertiary/aromatic N) is 1.